The number of primary amides is 1. The Balaban J connectivity index is 1.97. The lowest BCUT2D eigenvalue weighted by atomic mass is 10.2. The summed E-state index contributed by atoms with van der Waals surface area (Å²) in [5.74, 6) is -0.370. The number of urea groups is 1. The van der Waals surface area contributed by atoms with Gasteiger partial charge in [0.25, 0.3) is 0 Å². The van der Waals surface area contributed by atoms with Crippen LogP contribution in [-0.2, 0) is 4.79 Å². The third-order valence-electron chi connectivity index (χ3n) is 3.28. The van der Waals surface area contributed by atoms with Crippen LogP contribution < -0.4 is 11.1 Å². The van der Waals surface area contributed by atoms with Gasteiger partial charge in [-0.25, -0.2) is 9.78 Å². The molecule has 0 saturated heterocycles. The third-order valence-corrected chi connectivity index (χ3v) is 4.49. The number of nitrogens with zero attached hydrogens (tertiary/aromatic N) is 2. The lowest BCUT2D eigenvalue weighted by Gasteiger charge is -2.22. The number of fused-ring (bicyclic) bond motifs is 1. The molecule has 0 aliphatic carbocycles. The van der Waals surface area contributed by atoms with Crippen LogP contribution in [-0.4, -0.2) is 35.4 Å². The summed E-state index contributed by atoms with van der Waals surface area (Å²) in [5, 5.41) is 3.07. The molecule has 1 heterocycles. The standard InChI is InChI=1S/C14H18N4O2S/c1-9(18(2)8-7-12(19)17-14(15)20)13-16-10-5-3-4-6-11(10)21-13/h3-6,9H,7-8H2,1-2H3,(H3,15,17,19,20). The number of para-hydroxylation sites is 1. The van der Waals surface area contributed by atoms with Crippen LogP contribution in [0.4, 0.5) is 4.79 Å². The molecule has 7 heteroatoms. The van der Waals surface area contributed by atoms with Crippen molar-refractivity contribution in [3.8, 4) is 0 Å². The van der Waals surface area contributed by atoms with Gasteiger partial charge in [0.2, 0.25) is 5.91 Å². The first kappa shape index (κ1) is 15.4. The molecule has 112 valence electrons. The molecule has 0 fully saturated rings. The quantitative estimate of drug-likeness (QED) is 0.882. The molecular weight excluding hydrogens is 288 g/mol. The van der Waals surface area contributed by atoms with E-state index in [1.54, 1.807) is 11.3 Å². The molecule has 3 amide bonds. The van der Waals surface area contributed by atoms with Crippen LogP contribution in [0.3, 0.4) is 0 Å². The largest absolute Gasteiger partial charge is 0.351 e. The first-order valence-electron chi connectivity index (χ1n) is 6.62. The van der Waals surface area contributed by atoms with Crippen LogP contribution in [0.15, 0.2) is 24.3 Å². The highest BCUT2D eigenvalue weighted by Gasteiger charge is 2.17. The van der Waals surface area contributed by atoms with E-state index in [1.807, 2.05) is 43.1 Å². The summed E-state index contributed by atoms with van der Waals surface area (Å²) in [7, 11) is 1.92. The van der Waals surface area contributed by atoms with Crippen molar-refractivity contribution < 1.29 is 9.59 Å². The molecular formula is C14H18N4O2S. The van der Waals surface area contributed by atoms with Crippen molar-refractivity contribution in [3.05, 3.63) is 29.3 Å². The molecule has 1 unspecified atom stereocenters. The van der Waals surface area contributed by atoms with Crippen LogP contribution in [0.1, 0.15) is 24.4 Å². The number of benzene rings is 1. The lowest BCUT2D eigenvalue weighted by Crippen LogP contribution is -2.37. The molecule has 0 spiro atoms. The predicted octanol–water partition coefficient (Wildman–Crippen LogP) is 1.87. The molecule has 6 nitrogen and oxygen atoms in total. The van der Waals surface area contributed by atoms with Crippen molar-refractivity contribution in [2.75, 3.05) is 13.6 Å². The third kappa shape index (κ3) is 3.99. The summed E-state index contributed by atoms with van der Waals surface area (Å²) in [6.45, 7) is 2.57. The molecule has 2 rings (SSSR count). The molecule has 1 aromatic carbocycles. The topological polar surface area (TPSA) is 88.3 Å². The molecule has 0 bridgehead atoms. The van der Waals surface area contributed by atoms with Gasteiger partial charge in [0.1, 0.15) is 5.01 Å². The minimum absolute atomic E-state index is 0.101. The van der Waals surface area contributed by atoms with E-state index >= 15 is 0 Å². The van der Waals surface area contributed by atoms with Crippen molar-refractivity contribution in [2.45, 2.75) is 19.4 Å². The number of aromatic nitrogens is 1. The number of hydrogen-bond donors (Lipinski definition) is 2. The smallest absolute Gasteiger partial charge is 0.318 e. The second kappa shape index (κ2) is 6.64. The maximum atomic E-state index is 11.4. The fraction of sp³-hybridized carbons (Fsp3) is 0.357. The summed E-state index contributed by atoms with van der Waals surface area (Å²) >= 11 is 1.65. The molecule has 1 atom stereocenters. The second-order valence-electron chi connectivity index (χ2n) is 4.84. The summed E-state index contributed by atoms with van der Waals surface area (Å²) < 4.78 is 1.15. The molecule has 1 aromatic heterocycles. The first-order chi connectivity index (χ1) is 9.97. The number of thiazole rings is 1. The van der Waals surface area contributed by atoms with Gasteiger partial charge in [-0.2, -0.15) is 0 Å². The number of amides is 3. The van der Waals surface area contributed by atoms with Crippen LogP contribution in [0.25, 0.3) is 10.2 Å². The molecule has 21 heavy (non-hydrogen) atoms. The average Bonchev–Trinajstić information content (AvgIpc) is 2.87. The first-order valence-corrected chi connectivity index (χ1v) is 7.44. The highest BCUT2D eigenvalue weighted by atomic mass is 32.1. The minimum atomic E-state index is -0.818. The Morgan fingerprint density at radius 3 is 2.81 bits per heavy atom. The van der Waals surface area contributed by atoms with E-state index in [9.17, 15) is 9.59 Å². The zero-order chi connectivity index (χ0) is 15.4. The van der Waals surface area contributed by atoms with Gasteiger partial charge in [-0.3, -0.25) is 15.0 Å². The van der Waals surface area contributed by atoms with E-state index < -0.39 is 6.03 Å². The maximum Gasteiger partial charge on any atom is 0.318 e. The molecule has 0 aliphatic rings. The summed E-state index contributed by atoms with van der Waals surface area (Å²) in [4.78, 5) is 28.6. The predicted molar refractivity (Wildman–Crippen MR) is 83.0 cm³/mol. The zero-order valence-corrected chi connectivity index (χ0v) is 12.8. The summed E-state index contributed by atoms with van der Waals surface area (Å²) in [6, 6.07) is 7.28. The maximum absolute atomic E-state index is 11.4. The van der Waals surface area contributed by atoms with E-state index in [0.29, 0.717) is 6.54 Å². The van der Waals surface area contributed by atoms with E-state index in [4.69, 9.17) is 5.73 Å². The number of nitrogens with one attached hydrogen (secondary N) is 1. The number of imide groups is 1. The monoisotopic (exact) mass is 306 g/mol. The molecule has 0 radical (unpaired) electrons. The highest BCUT2D eigenvalue weighted by Crippen LogP contribution is 2.28. The van der Waals surface area contributed by atoms with Gasteiger partial charge in [0.05, 0.1) is 16.3 Å². The Hall–Kier alpha value is -1.99. The lowest BCUT2D eigenvalue weighted by molar-refractivity contribution is -0.120. The SMILES string of the molecule is CC(c1nc2ccccc2s1)N(C)CCC(=O)NC(N)=O. The average molecular weight is 306 g/mol. The fourth-order valence-electron chi connectivity index (χ4n) is 1.93. The molecule has 0 aliphatic heterocycles. The Kier molecular flexibility index (Phi) is 4.87. The van der Waals surface area contributed by atoms with Gasteiger partial charge >= 0.3 is 6.03 Å². The summed E-state index contributed by atoms with van der Waals surface area (Å²) in [5.41, 5.74) is 5.89. The molecule has 3 N–H and O–H groups in total. The molecule has 0 saturated carbocycles. The number of carbonyl (C=O) groups is 2. The van der Waals surface area contributed by atoms with E-state index in [1.165, 1.54) is 0 Å². The van der Waals surface area contributed by atoms with Crippen LogP contribution >= 0.6 is 11.3 Å². The van der Waals surface area contributed by atoms with Crippen molar-refractivity contribution >= 4 is 33.5 Å². The van der Waals surface area contributed by atoms with Gasteiger partial charge in [0, 0.05) is 13.0 Å². The van der Waals surface area contributed by atoms with Crippen LogP contribution in [0.5, 0.6) is 0 Å². The highest BCUT2D eigenvalue weighted by molar-refractivity contribution is 7.18. The Bertz CT molecular complexity index is 622. The van der Waals surface area contributed by atoms with Gasteiger partial charge in [0.15, 0.2) is 0 Å². The minimum Gasteiger partial charge on any atom is -0.351 e. The number of hydrogen-bond acceptors (Lipinski definition) is 5. The van der Waals surface area contributed by atoms with Crippen LogP contribution in [0.2, 0.25) is 0 Å². The summed E-state index contributed by atoms with van der Waals surface area (Å²) in [6.07, 6.45) is 0.217. The van der Waals surface area contributed by atoms with Crippen molar-refractivity contribution in [1.29, 1.82) is 0 Å². The zero-order valence-electron chi connectivity index (χ0n) is 12.0. The van der Waals surface area contributed by atoms with E-state index in [0.717, 1.165) is 15.2 Å². The van der Waals surface area contributed by atoms with E-state index in [2.05, 4.69) is 10.3 Å². The van der Waals surface area contributed by atoms with Crippen molar-refractivity contribution in [2.24, 2.45) is 5.73 Å². The van der Waals surface area contributed by atoms with Gasteiger partial charge in [-0.15, -0.1) is 11.3 Å². The van der Waals surface area contributed by atoms with Gasteiger partial charge in [-0.1, -0.05) is 12.1 Å². The Morgan fingerprint density at radius 1 is 1.43 bits per heavy atom. The van der Waals surface area contributed by atoms with Crippen molar-refractivity contribution in [3.63, 3.8) is 0 Å². The number of nitrogens with two attached hydrogens (primary N) is 1. The fourth-order valence-corrected chi connectivity index (χ4v) is 3.01. The van der Waals surface area contributed by atoms with Gasteiger partial charge in [-0.05, 0) is 26.1 Å². The second-order valence-corrected chi connectivity index (χ2v) is 5.90. The number of carbonyl (C=O) groups excluding carboxylic acids is 2. The van der Waals surface area contributed by atoms with Crippen molar-refractivity contribution in [1.82, 2.24) is 15.2 Å². The number of rotatable bonds is 5. The van der Waals surface area contributed by atoms with Gasteiger partial charge < -0.3 is 5.73 Å². The normalized spacial score (nSPS) is 12.5. The Labute approximate surface area is 127 Å². The van der Waals surface area contributed by atoms with E-state index in [-0.39, 0.29) is 18.4 Å². The van der Waals surface area contributed by atoms with Crippen LogP contribution in [0, 0.1) is 0 Å². The Morgan fingerprint density at radius 2 is 2.14 bits per heavy atom. The molecule has 2 aromatic rings.